The average Bonchev–Trinajstić information content (AvgIpc) is 2.73. The second-order valence-corrected chi connectivity index (χ2v) is 6.06. The van der Waals surface area contributed by atoms with Gasteiger partial charge in [0.15, 0.2) is 11.5 Å². The van der Waals surface area contributed by atoms with Gasteiger partial charge < -0.3 is 15.4 Å². The molecule has 0 radical (unpaired) electrons. The normalized spacial score (nSPS) is 10.2. The number of benzene rings is 2. The van der Waals surface area contributed by atoms with E-state index in [1.807, 2.05) is 24.3 Å². The highest BCUT2D eigenvalue weighted by molar-refractivity contribution is 6.03. The molecule has 0 aliphatic heterocycles. The van der Waals surface area contributed by atoms with Crippen LogP contribution in [0.3, 0.4) is 0 Å². The molecule has 0 saturated carbocycles. The minimum absolute atomic E-state index is 0.0278. The second-order valence-electron chi connectivity index (χ2n) is 6.06. The fraction of sp³-hybridized carbons (Fsp3) is 0.143. The second kappa shape index (κ2) is 8.77. The van der Waals surface area contributed by atoms with Crippen LogP contribution < -0.4 is 15.4 Å². The molecule has 0 aliphatic rings. The predicted octanol–water partition coefficient (Wildman–Crippen LogP) is 3.55. The molecule has 0 unspecified atom stereocenters. The van der Waals surface area contributed by atoms with Crippen LogP contribution in [0.4, 0.5) is 11.5 Å². The van der Waals surface area contributed by atoms with Crippen LogP contribution in [0.1, 0.15) is 33.3 Å². The monoisotopic (exact) mass is 376 g/mol. The third-order valence-electron chi connectivity index (χ3n) is 4.10. The van der Waals surface area contributed by atoms with Gasteiger partial charge in [0.05, 0.1) is 7.11 Å². The lowest BCUT2D eigenvalue weighted by atomic mass is 10.1. The largest absolute Gasteiger partial charge is 0.496 e. The van der Waals surface area contributed by atoms with Crippen molar-refractivity contribution in [1.29, 1.82) is 0 Å². The Kier molecular flexibility index (Phi) is 5.96. The van der Waals surface area contributed by atoms with E-state index in [9.17, 15) is 9.59 Å². The number of Topliss-reactive ketones (excluding diaryl/α,β-unsaturated/α-hetero) is 1. The van der Waals surface area contributed by atoms with Crippen LogP contribution in [-0.2, 0) is 6.54 Å². The Bertz CT molecular complexity index is 970. The quantitative estimate of drug-likeness (QED) is 0.613. The maximum atomic E-state index is 12.3. The van der Waals surface area contributed by atoms with E-state index in [1.165, 1.54) is 6.92 Å². The van der Waals surface area contributed by atoms with E-state index in [1.54, 1.807) is 43.5 Å². The molecule has 2 N–H and O–H groups in total. The first-order valence-corrected chi connectivity index (χ1v) is 8.68. The van der Waals surface area contributed by atoms with Gasteiger partial charge in [0.1, 0.15) is 11.6 Å². The number of aromatic nitrogens is 2. The highest BCUT2D eigenvalue weighted by Gasteiger charge is 2.10. The molecule has 0 fully saturated rings. The Morgan fingerprint density at radius 1 is 0.964 bits per heavy atom. The third-order valence-corrected chi connectivity index (χ3v) is 4.10. The molecule has 0 saturated heterocycles. The number of ketones is 1. The number of carbonyl (C=O) groups excluding carboxylic acids is 2. The van der Waals surface area contributed by atoms with E-state index in [0.29, 0.717) is 23.6 Å². The third kappa shape index (κ3) is 4.70. The van der Waals surface area contributed by atoms with Gasteiger partial charge >= 0.3 is 0 Å². The molecule has 142 valence electrons. The van der Waals surface area contributed by atoms with Crippen LogP contribution in [-0.4, -0.2) is 29.0 Å². The van der Waals surface area contributed by atoms with Gasteiger partial charge in [0, 0.05) is 23.4 Å². The maximum absolute atomic E-state index is 12.3. The number of hydrogen-bond donors (Lipinski definition) is 2. The summed E-state index contributed by atoms with van der Waals surface area (Å²) >= 11 is 0. The first-order chi connectivity index (χ1) is 13.6. The van der Waals surface area contributed by atoms with Crippen LogP contribution in [0.2, 0.25) is 0 Å². The van der Waals surface area contributed by atoms with Crippen molar-refractivity contribution in [2.75, 3.05) is 17.7 Å². The molecular formula is C21H20N4O3. The Balaban J connectivity index is 1.60. The Labute approximate surface area is 162 Å². The number of rotatable bonds is 7. The standard InChI is InChI=1S/C21H20N4O3/c1-14(26)15-7-9-17(10-8-15)23-21(27)18-11-12-20(25-24-18)22-13-16-5-3-4-6-19(16)28-2/h3-12H,13H2,1-2H3,(H,22,25)(H,23,27). The van der Waals surface area contributed by atoms with Gasteiger partial charge in [-0.2, -0.15) is 0 Å². The topological polar surface area (TPSA) is 93.2 Å². The van der Waals surface area contributed by atoms with Crippen LogP contribution in [0.15, 0.2) is 60.7 Å². The molecule has 0 atom stereocenters. The van der Waals surface area contributed by atoms with Crippen molar-refractivity contribution in [3.05, 3.63) is 77.5 Å². The Morgan fingerprint density at radius 3 is 2.36 bits per heavy atom. The van der Waals surface area contributed by atoms with Gasteiger partial charge in [-0.1, -0.05) is 18.2 Å². The molecule has 1 aromatic heterocycles. The van der Waals surface area contributed by atoms with Crippen molar-refractivity contribution < 1.29 is 14.3 Å². The molecule has 7 heteroatoms. The lowest BCUT2D eigenvalue weighted by Crippen LogP contribution is -2.15. The molecule has 1 amide bonds. The molecule has 0 bridgehead atoms. The van der Waals surface area contributed by atoms with Crippen molar-refractivity contribution in [1.82, 2.24) is 10.2 Å². The number of hydrogen-bond acceptors (Lipinski definition) is 6. The minimum atomic E-state index is -0.376. The summed E-state index contributed by atoms with van der Waals surface area (Å²) in [5.41, 5.74) is 2.35. The van der Waals surface area contributed by atoms with Crippen molar-refractivity contribution in [2.24, 2.45) is 0 Å². The molecule has 3 rings (SSSR count). The Hall–Kier alpha value is -3.74. The summed E-state index contributed by atoms with van der Waals surface area (Å²) in [7, 11) is 1.62. The zero-order valence-electron chi connectivity index (χ0n) is 15.6. The van der Waals surface area contributed by atoms with E-state index < -0.39 is 0 Å². The molecule has 2 aromatic carbocycles. The SMILES string of the molecule is COc1ccccc1CNc1ccc(C(=O)Nc2ccc(C(C)=O)cc2)nn1. The number of anilines is 2. The maximum Gasteiger partial charge on any atom is 0.276 e. The molecule has 1 heterocycles. The molecule has 3 aromatic rings. The predicted molar refractivity (Wildman–Crippen MR) is 107 cm³/mol. The number of methoxy groups -OCH3 is 1. The number of amides is 1. The van der Waals surface area contributed by atoms with Gasteiger partial charge in [0.2, 0.25) is 0 Å². The molecular weight excluding hydrogens is 356 g/mol. The Morgan fingerprint density at radius 2 is 1.71 bits per heavy atom. The molecule has 7 nitrogen and oxygen atoms in total. The average molecular weight is 376 g/mol. The fourth-order valence-corrected chi connectivity index (χ4v) is 2.57. The zero-order chi connectivity index (χ0) is 19.9. The molecule has 28 heavy (non-hydrogen) atoms. The number of ether oxygens (including phenoxy) is 1. The zero-order valence-corrected chi connectivity index (χ0v) is 15.6. The van der Waals surface area contributed by atoms with Gasteiger partial charge in [-0.05, 0) is 49.4 Å². The fourth-order valence-electron chi connectivity index (χ4n) is 2.57. The van der Waals surface area contributed by atoms with E-state index in [0.717, 1.165) is 11.3 Å². The van der Waals surface area contributed by atoms with E-state index >= 15 is 0 Å². The summed E-state index contributed by atoms with van der Waals surface area (Å²) < 4.78 is 5.31. The number of nitrogens with zero attached hydrogens (tertiary/aromatic N) is 2. The first-order valence-electron chi connectivity index (χ1n) is 8.68. The van der Waals surface area contributed by atoms with Crippen molar-refractivity contribution in [3.8, 4) is 5.75 Å². The minimum Gasteiger partial charge on any atom is -0.496 e. The lowest BCUT2D eigenvalue weighted by Gasteiger charge is -2.10. The van der Waals surface area contributed by atoms with Gasteiger partial charge in [0.25, 0.3) is 5.91 Å². The summed E-state index contributed by atoms with van der Waals surface area (Å²) in [6.07, 6.45) is 0. The summed E-state index contributed by atoms with van der Waals surface area (Å²) in [4.78, 5) is 23.6. The lowest BCUT2D eigenvalue weighted by molar-refractivity contribution is 0.101. The van der Waals surface area contributed by atoms with Gasteiger partial charge in [-0.25, -0.2) is 0 Å². The van der Waals surface area contributed by atoms with E-state index in [4.69, 9.17) is 4.74 Å². The first kappa shape index (κ1) is 19.0. The summed E-state index contributed by atoms with van der Waals surface area (Å²) in [6.45, 7) is 2.01. The van der Waals surface area contributed by atoms with Crippen LogP contribution >= 0.6 is 0 Å². The number of carbonyl (C=O) groups is 2. The summed E-state index contributed by atoms with van der Waals surface area (Å²) in [5.74, 6) is 0.933. The summed E-state index contributed by atoms with van der Waals surface area (Å²) in [5, 5.41) is 13.9. The van der Waals surface area contributed by atoms with Gasteiger partial charge in [-0.3, -0.25) is 9.59 Å². The van der Waals surface area contributed by atoms with E-state index in [2.05, 4.69) is 20.8 Å². The van der Waals surface area contributed by atoms with Crippen molar-refractivity contribution in [2.45, 2.75) is 13.5 Å². The van der Waals surface area contributed by atoms with Gasteiger partial charge in [-0.15, -0.1) is 10.2 Å². The van der Waals surface area contributed by atoms with E-state index in [-0.39, 0.29) is 17.4 Å². The van der Waals surface area contributed by atoms with Crippen molar-refractivity contribution in [3.63, 3.8) is 0 Å². The number of para-hydroxylation sites is 1. The highest BCUT2D eigenvalue weighted by atomic mass is 16.5. The summed E-state index contributed by atoms with van der Waals surface area (Å²) in [6, 6.07) is 17.6. The van der Waals surface area contributed by atoms with Crippen LogP contribution in [0.25, 0.3) is 0 Å². The highest BCUT2D eigenvalue weighted by Crippen LogP contribution is 2.18. The molecule has 0 aliphatic carbocycles. The van der Waals surface area contributed by atoms with Crippen LogP contribution in [0, 0.1) is 0 Å². The van der Waals surface area contributed by atoms with Crippen LogP contribution in [0.5, 0.6) is 5.75 Å². The smallest absolute Gasteiger partial charge is 0.276 e. The number of nitrogens with one attached hydrogen (secondary N) is 2. The molecule has 0 spiro atoms. The van der Waals surface area contributed by atoms with Crippen molar-refractivity contribution >= 4 is 23.2 Å².